The van der Waals surface area contributed by atoms with Gasteiger partial charge in [-0.25, -0.2) is 8.42 Å². The average Bonchev–Trinajstić information content (AvgIpc) is 2.32. The third-order valence-electron chi connectivity index (χ3n) is 2.30. The van der Waals surface area contributed by atoms with Gasteiger partial charge in [0.25, 0.3) is 0 Å². The smallest absolute Gasteiger partial charge is 0.232 e. The van der Waals surface area contributed by atoms with Crippen molar-refractivity contribution in [3.05, 3.63) is 29.8 Å². The van der Waals surface area contributed by atoms with E-state index in [1.165, 1.54) is 0 Å². The summed E-state index contributed by atoms with van der Waals surface area (Å²) in [6.45, 7) is 0.459. The molecule has 0 unspecified atom stereocenters. The van der Waals surface area contributed by atoms with Crippen LogP contribution in [0.4, 0.5) is 0 Å². The molecule has 0 bridgehead atoms. The number of nitriles is 1. The molecule has 1 aromatic carbocycles. The van der Waals surface area contributed by atoms with Gasteiger partial charge in [-0.3, -0.25) is 0 Å². The Morgan fingerprint density at radius 3 is 2.61 bits per heavy atom. The van der Waals surface area contributed by atoms with Crippen LogP contribution in [0.1, 0.15) is 24.8 Å². The Balaban J connectivity index is 2.24. The van der Waals surface area contributed by atoms with Crippen molar-refractivity contribution >= 4 is 19.7 Å². The normalized spacial score (nSPS) is 10.9. The summed E-state index contributed by atoms with van der Waals surface area (Å²) in [6.07, 6.45) is 1.97. The number of ether oxygens (including phenoxy) is 1. The highest BCUT2D eigenvalue weighted by atomic mass is 35.7. The lowest BCUT2D eigenvalue weighted by Crippen LogP contribution is -2.01. The van der Waals surface area contributed by atoms with E-state index < -0.39 is 9.05 Å². The van der Waals surface area contributed by atoms with Crippen molar-refractivity contribution in [1.82, 2.24) is 0 Å². The number of hydrogen-bond donors (Lipinski definition) is 0. The van der Waals surface area contributed by atoms with Crippen LogP contribution in [0.3, 0.4) is 0 Å². The maximum atomic E-state index is 10.7. The van der Waals surface area contributed by atoms with Crippen molar-refractivity contribution in [2.45, 2.75) is 19.3 Å². The van der Waals surface area contributed by atoms with E-state index >= 15 is 0 Å². The molecule has 0 aliphatic rings. The quantitative estimate of drug-likeness (QED) is 0.571. The van der Waals surface area contributed by atoms with Gasteiger partial charge in [0, 0.05) is 10.7 Å². The van der Waals surface area contributed by atoms with Gasteiger partial charge < -0.3 is 4.74 Å². The van der Waals surface area contributed by atoms with E-state index in [1.807, 2.05) is 6.07 Å². The number of halogens is 1. The summed E-state index contributed by atoms with van der Waals surface area (Å²) >= 11 is 0. The third kappa shape index (κ3) is 5.89. The van der Waals surface area contributed by atoms with Crippen LogP contribution in [0.25, 0.3) is 0 Å². The van der Waals surface area contributed by atoms with Crippen LogP contribution in [0.2, 0.25) is 0 Å². The van der Waals surface area contributed by atoms with Crippen LogP contribution in [0.15, 0.2) is 24.3 Å². The molecule has 0 heterocycles. The predicted octanol–water partition coefficient (Wildman–Crippen LogP) is 2.68. The molecule has 1 rings (SSSR count). The van der Waals surface area contributed by atoms with Gasteiger partial charge >= 0.3 is 0 Å². The molecule has 0 atom stereocenters. The lowest BCUT2D eigenvalue weighted by atomic mass is 10.2. The second-order valence-electron chi connectivity index (χ2n) is 3.76. The van der Waals surface area contributed by atoms with E-state index in [4.69, 9.17) is 20.7 Å². The first-order chi connectivity index (χ1) is 8.53. The molecule has 0 N–H and O–H groups in total. The summed E-state index contributed by atoms with van der Waals surface area (Å²) in [5.41, 5.74) is 0.501. The molecule has 6 heteroatoms. The Bertz CT molecular complexity index is 522. The number of rotatable bonds is 7. The number of benzene rings is 1. The summed E-state index contributed by atoms with van der Waals surface area (Å²) in [6, 6.07) is 9.05. The molecule has 0 fully saturated rings. The molecule has 4 nitrogen and oxygen atoms in total. The number of hydrogen-bond acceptors (Lipinski definition) is 4. The fourth-order valence-corrected chi connectivity index (χ4v) is 2.30. The molecule has 0 saturated carbocycles. The molecule has 0 saturated heterocycles. The molecule has 0 aromatic heterocycles. The molecular weight excluding hydrogens is 274 g/mol. The van der Waals surface area contributed by atoms with Crippen molar-refractivity contribution < 1.29 is 13.2 Å². The van der Waals surface area contributed by atoms with Crippen LogP contribution < -0.4 is 4.74 Å². The van der Waals surface area contributed by atoms with E-state index in [-0.39, 0.29) is 5.75 Å². The first-order valence-corrected chi connectivity index (χ1v) is 8.05. The van der Waals surface area contributed by atoms with Crippen molar-refractivity contribution in [1.29, 1.82) is 5.26 Å². The van der Waals surface area contributed by atoms with E-state index in [2.05, 4.69) is 0 Å². The Kier molecular flexibility index (Phi) is 5.96. The predicted molar refractivity (Wildman–Crippen MR) is 70.1 cm³/mol. The van der Waals surface area contributed by atoms with E-state index in [0.29, 0.717) is 24.3 Å². The van der Waals surface area contributed by atoms with Gasteiger partial charge in [0.2, 0.25) is 9.05 Å². The largest absolute Gasteiger partial charge is 0.492 e. The maximum absolute atomic E-state index is 10.7. The Morgan fingerprint density at radius 2 is 1.94 bits per heavy atom. The minimum Gasteiger partial charge on any atom is -0.492 e. The van der Waals surface area contributed by atoms with Gasteiger partial charge in [0.1, 0.15) is 11.8 Å². The summed E-state index contributed by atoms with van der Waals surface area (Å²) < 4.78 is 26.8. The van der Waals surface area contributed by atoms with Gasteiger partial charge in [-0.1, -0.05) is 12.1 Å². The first kappa shape index (κ1) is 14.8. The number of nitrogens with zero attached hydrogens (tertiary/aromatic N) is 1. The zero-order valence-corrected chi connectivity index (χ0v) is 11.4. The summed E-state index contributed by atoms with van der Waals surface area (Å²) in [7, 11) is 1.70. The van der Waals surface area contributed by atoms with Crippen LogP contribution in [-0.2, 0) is 9.05 Å². The van der Waals surface area contributed by atoms with E-state index in [1.54, 1.807) is 24.3 Å². The molecule has 98 valence electrons. The highest BCUT2D eigenvalue weighted by molar-refractivity contribution is 8.13. The fourth-order valence-electron chi connectivity index (χ4n) is 1.42. The topological polar surface area (TPSA) is 67.2 Å². The lowest BCUT2D eigenvalue weighted by molar-refractivity contribution is 0.305. The molecular formula is C12H14ClNO3S. The van der Waals surface area contributed by atoms with Crippen molar-refractivity contribution in [2.24, 2.45) is 0 Å². The Hall–Kier alpha value is -1.25. The maximum Gasteiger partial charge on any atom is 0.232 e. The molecule has 0 radical (unpaired) electrons. The standard InChI is InChI=1S/C12H14ClNO3S/c13-18(15,16)9-5-1-4-8-17-12-7-3-2-6-11(12)10-14/h2-3,6-7H,1,4-5,8-9H2. The number of para-hydroxylation sites is 1. The second kappa shape index (κ2) is 7.24. The molecule has 0 aliphatic heterocycles. The minimum absolute atomic E-state index is 0.0106. The fraction of sp³-hybridized carbons (Fsp3) is 0.417. The van der Waals surface area contributed by atoms with Crippen LogP contribution in [0.5, 0.6) is 5.75 Å². The van der Waals surface area contributed by atoms with Gasteiger partial charge in [0.05, 0.1) is 17.9 Å². The lowest BCUT2D eigenvalue weighted by Gasteiger charge is -2.06. The average molecular weight is 288 g/mol. The summed E-state index contributed by atoms with van der Waals surface area (Å²) in [5, 5.41) is 8.84. The molecule has 0 amide bonds. The van der Waals surface area contributed by atoms with Crippen molar-refractivity contribution in [3.8, 4) is 11.8 Å². The van der Waals surface area contributed by atoms with Crippen LogP contribution in [-0.4, -0.2) is 20.8 Å². The Morgan fingerprint density at radius 1 is 1.22 bits per heavy atom. The van der Waals surface area contributed by atoms with Crippen LogP contribution in [0, 0.1) is 11.3 Å². The zero-order chi connectivity index (χ0) is 13.4. The van der Waals surface area contributed by atoms with Gasteiger partial charge in [-0.2, -0.15) is 5.26 Å². The summed E-state index contributed by atoms with van der Waals surface area (Å²) in [5.74, 6) is 0.550. The van der Waals surface area contributed by atoms with Crippen molar-refractivity contribution in [3.63, 3.8) is 0 Å². The SMILES string of the molecule is N#Cc1ccccc1OCCCCCS(=O)(=O)Cl. The van der Waals surface area contributed by atoms with Gasteiger partial charge in [-0.15, -0.1) is 0 Å². The second-order valence-corrected chi connectivity index (χ2v) is 6.66. The van der Waals surface area contributed by atoms with E-state index in [0.717, 1.165) is 12.8 Å². The molecule has 0 spiro atoms. The minimum atomic E-state index is -3.39. The first-order valence-electron chi connectivity index (χ1n) is 5.57. The highest BCUT2D eigenvalue weighted by Gasteiger charge is 2.04. The Labute approximate surface area is 112 Å². The summed E-state index contributed by atoms with van der Waals surface area (Å²) in [4.78, 5) is 0. The van der Waals surface area contributed by atoms with E-state index in [9.17, 15) is 8.42 Å². The van der Waals surface area contributed by atoms with Gasteiger partial charge in [-0.05, 0) is 31.4 Å². The zero-order valence-electron chi connectivity index (χ0n) is 9.80. The third-order valence-corrected chi connectivity index (χ3v) is 3.54. The van der Waals surface area contributed by atoms with Gasteiger partial charge in [0.15, 0.2) is 0 Å². The molecule has 0 aliphatic carbocycles. The molecule has 18 heavy (non-hydrogen) atoms. The van der Waals surface area contributed by atoms with Crippen LogP contribution >= 0.6 is 10.7 Å². The van der Waals surface area contributed by atoms with Crippen molar-refractivity contribution in [2.75, 3.05) is 12.4 Å². The monoisotopic (exact) mass is 287 g/mol. The molecule has 1 aromatic rings. The highest BCUT2D eigenvalue weighted by Crippen LogP contribution is 2.17. The number of unbranched alkanes of at least 4 members (excludes halogenated alkanes) is 2.